The number of nitrogens with zero attached hydrogens (tertiary/aromatic N) is 1. The molecule has 0 bridgehead atoms. The topological polar surface area (TPSA) is 58.4 Å². The van der Waals surface area contributed by atoms with Crippen molar-refractivity contribution < 1.29 is 9.18 Å². The predicted molar refractivity (Wildman–Crippen MR) is 67.3 cm³/mol. The quantitative estimate of drug-likeness (QED) is 0.803. The number of benzene rings is 1. The fraction of sp³-hybridized carbons (Fsp3) is 0.182. The molecular weight excluding hydrogens is 241 g/mol. The highest BCUT2D eigenvalue weighted by atomic mass is 32.1. The van der Waals surface area contributed by atoms with Crippen LogP contribution in [0.4, 0.5) is 10.1 Å². The Kier molecular flexibility index (Phi) is 2.99. The lowest BCUT2D eigenvalue weighted by Crippen LogP contribution is -2.35. The number of fused-ring (bicyclic) bond motifs is 1. The number of rotatable bonds is 2. The summed E-state index contributed by atoms with van der Waals surface area (Å²) in [4.78, 5) is 12.2. The van der Waals surface area contributed by atoms with Crippen LogP contribution in [0.1, 0.15) is 9.67 Å². The average molecular weight is 253 g/mol. The standard InChI is InChI=1S/C11H12FN3OS/c1-15(2)14-11(16)10-9(13)7-5-6(12)3-4-8(7)17-10/h3-5H,13H2,1-2H3,(H,14,16). The third-order valence-electron chi connectivity index (χ3n) is 2.22. The van der Waals surface area contributed by atoms with E-state index in [0.717, 1.165) is 4.70 Å². The van der Waals surface area contributed by atoms with E-state index in [9.17, 15) is 9.18 Å². The molecule has 0 saturated carbocycles. The molecule has 0 radical (unpaired) electrons. The lowest BCUT2D eigenvalue weighted by Gasteiger charge is -2.10. The first-order chi connectivity index (χ1) is 7.99. The van der Waals surface area contributed by atoms with Gasteiger partial charge in [-0.15, -0.1) is 11.3 Å². The minimum atomic E-state index is -0.360. The maximum atomic E-state index is 13.1. The molecule has 1 aromatic carbocycles. The van der Waals surface area contributed by atoms with Gasteiger partial charge in [-0.05, 0) is 18.2 Å². The van der Waals surface area contributed by atoms with E-state index in [1.807, 2.05) is 0 Å². The van der Waals surface area contributed by atoms with Gasteiger partial charge in [0.25, 0.3) is 5.91 Å². The van der Waals surface area contributed by atoms with E-state index in [0.29, 0.717) is 16.0 Å². The van der Waals surface area contributed by atoms with Crippen molar-refractivity contribution in [3.8, 4) is 0 Å². The van der Waals surface area contributed by atoms with E-state index >= 15 is 0 Å². The second kappa shape index (κ2) is 4.31. The Bertz CT molecular complexity index is 579. The molecule has 0 atom stereocenters. The summed E-state index contributed by atoms with van der Waals surface area (Å²) in [5.74, 6) is -0.643. The van der Waals surface area contributed by atoms with Crippen molar-refractivity contribution in [1.82, 2.24) is 10.4 Å². The molecule has 17 heavy (non-hydrogen) atoms. The minimum Gasteiger partial charge on any atom is -0.397 e. The van der Waals surface area contributed by atoms with Crippen LogP contribution >= 0.6 is 11.3 Å². The highest BCUT2D eigenvalue weighted by Crippen LogP contribution is 2.33. The molecular formula is C11H12FN3OS. The third-order valence-corrected chi connectivity index (χ3v) is 3.41. The first-order valence-corrected chi connectivity index (χ1v) is 5.76. The van der Waals surface area contributed by atoms with Crippen LogP contribution < -0.4 is 11.2 Å². The molecule has 0 saturated heterocycles. The summed E-state index contributed by atoms with van der Waals surface area (Å²) in [5.41, 5.74) is 8.78. The fourth-order valence-corrected chi connectivity index (χ4v) is 2.50. The highest BCUT2D eigenvalue weighted by Gasteiger charge is 2.16. The molecule has 6 heteroatoms. The summed E-state index contributed by atoms with van der Waals surface area (Å²) in [6, 6.07) is 4.32. The molecule has 1 amide bonds. The van der Waals surface area contributed by atoms with Gasteiger partial charge in [-0.3, -0.25) is 10.2 Å². The van der Waals surface area contributed by atoms with Crippen LogP contribution in [0.5, 0.6) is 0 Å². The summed E-state index contributed by atoms with van der Waals surface area (Å²) in [7, 11) is 3.42. The maximum Gasteiger partial charge on any atom is 0.277 e. The zero-order valence-corrected chi connectivity index (χ0v) is 10.3. The molecule has 90 valence electrons. The molecule has 2 aromatic rings. The Morgan fingerprint density at radius 3 is 2.82 bits per heavy atom. The van der Waals surface area contributed by atoms with Crippen LogP contribution in [0.2, 0.25) is 0 Å². The van der Waals surface area contributed by atoms with Gasteiger partial charge in [0.15, 0.2) is 0 Å². The Balaban J connectivity index is 2.49. The van der Waals surface area contributed by atoms with Crippen molar-refractivity contribution in [2.45, 2.75) is 0 Å². The normalized spacial score (nSPS) is 11.1. The van der Waals surface area contributed by atoms with Gasteiger partial charge in [-0.1, -0.05) is 0 Å². The van der Waals surface area contributed by atoms with Crippen molar-refractivity contribution in [3.05, 3.63) is 28.9 Å². The van der Waals surface area contributed by atoms with Gasteiger partial charge in [-0.2, -0.15) is 0 Å². The number of carbonyl (C=O) groups excluding carboxylic acids is 1. The zero-order chi connectivity index (χ0) is 12.6. The highest BCUT2D eigenvalue weighted by molar-refractivity contribution is 7.21. The molecule has 0 aliphatic rings. The summed E-state index contributed by atoms with van der Waals surface area (Å²) in [6.45, 7) is 0. The first-order valence-electron chi connectivity index (χ1n) is 4.95. The van der Waals surface area contributed by atoms with Crippen LogP contribution in [0.25, 0.3) is 10.1 Å². The molecule has 0 spiro atoms. The number of thiophene rings is 1. The van der Waals surface area contributed by atoms with Crippen molar-refractivity contribution in [3.63, 3.8) is 0 Å². The fourth-order valence-electron chi connectivity index (χ4n) is 1.51. The second-order valence-corrected chi connectivity index (χ2v) is 4.87. The Morgan fingerprint density at radius 1 is 1.47 bits per heavy atom. The average Bonchev–Trinajstić information content (AvgIpc) is 2.55. The Morgan fingerprint density at radius 2 is 2.18 bits per heavy atom. The second-order valence-electron chi connectivity index (χ2n) is 3.82. The summed E-state index contributed by atoms with van der Waals surface area (Å²) >= 11 is 1.25. The minimum absolute atomic E-state index is 0.283. The van der Waals surface area contributed by atoms with Crippen molar-refractivity contribution in [2.24, 2.45) is 0 Å². The number of hydrogen-bond donors (Lipinski definition) is 2. The van der Waals surface area contributed by atoms with E-state index < -0.39 is 0 Å². The van der Waals surface area contributed by atoms with Crippen LogP contribution in [-0.4, -0.2) is 25.0 Å². The molecule has 0 unspecified atom stereocenters. The van der Waals surface area contributed by atoms with Crippen molar-refractivity contribution >= 4 is 33.0 Å². The van der Waals surface area contributed by atoms with E-state index in [4.69, 9.17) is 5.73 Å². The van der Waals surface area contributed by atoms with Gasteiger partial charge in [0.2, 0.25) is 0 Å². The number of nitrogens with two attached hydrogens (primary N) is 1. The van der Waals surface area contributed by atoms with Gasteiger partial charge in [-0.25, -0.2) is 9.40 Å². The number of hydrogen-bond acceptors (Lipinski definition) is 4. The molecule has 3 N–H and O–H groups in total. The SMILES string of the molecule is CN(C)NC(=O)c1sc2ccc(F)cc2c1N. The largest absolute Gasteiger partial charge is 0.397 e. The van der Waals surface area contributed by atoms with Gasteiger partial charge >= 0.3 is 0 Å². The number of hydrazine groups is 1. The van der Waals surface area contributed by atoms with E-state index in [1.54, 1.807) is 20.2 Å². The lowest BCUT2D eigenvalue weighted by molar-refractivity contribution is 0.0862. The number of anilines is 1. The molecule has 1 heterocycles. The van der Waals surface area contributed by atoms with Crippen LogP contribution in [-0.2, 0) is 0 Å². The number of carbonyl (C=O) groups is 1. The molecule has 4 nitrogen and oxygen atoms in total. The van der Waals surface area contributed by atoms with Crippen molar-refractivity contribution in [1.29, 1.82) is 0 Å². The molecule has 2 rings (SSSR count). The monoisotopic (exact) mass is 253 g/mol. The van der Waals surface area contributed by atoms with E-state index in [-0.39, 0.29) is 11.7 Å². The van der Waals surface area contributed by atoms with Gasteiger partial charge in [0, 0.05) is 24.2 Å². The first kappa shape index (κ1) is 11.8. The van der Waals surface area contributed by atoms with Gasteiger partial charge < -0.3 is 5.73 Å². The molecule has 0 fully saturated rings. The molecule has 1 aromatic heterocycles. The number of amides is 1. The predicted octanol–water partition coefficient (Wildman–Crippen LogP) is 1.83. The van der Waals surface area contributed by atoms with Crippen LogP contribution in [0, 0.1) is 5.82 Å². The summed E-state index contributed by atoms with van der Waals surface area (Å²) < 4.78 is 13.9. The number of halogens is 1. The Hall–Kier alpha value is -1.66. The molecule has 0 aliphatic carbocycles. The zero-order valence-electron chi connectivity index (χ0n) is 9.45. The number of nitrogen functional groups attached to an aromatic ring is 1. The van der Waals surface area contributed by atoms with E-state index in [2.05, 4.69) is 5.43 Å². The third kappa shape index (κ3) is 2.22. The maximum absolute atomic E-state index is 13.1. The van der Waals surface area contributed by atoms with Gasteiger partial charge in [0.1, 0.15) is 10.7 Å². The summed E-state index contributed by atoms with van der Waals surface area (Å²) in [5, 5.41) is 2.12. The molecule has 0 aliphatic heterocycles. The lowest BCUT2D eigenvalue weighted by atomic mass is 10.2. The smallest absolute Gasteiger partial charge is 0.277 e. The van der Waals surface area contributed by atoms with E-state index in [1.165, 1.54) is 28.5 Å². The summed E-state index contributed by atoms with van der Waals surface area (Å²) in [6.07, 6.45) is 0. The van der Waals surface area contributed by atoms with Crippen LogP contribution in [0.3, 0.4) is 0 Å². The number of nitrogens with one attached hydrogen (secondary N) is 1. The Labute approximate surface area is 102 Å². The van der Waals surface area contributed by atoms with Crippen molar-refractivity contribution in [2.75, 3.05) is 19.8 Å². The van der Waals surface area contributed by atoms with Crippen LogP contribution in [0.15, 0.2) is 18.2 Å². The van der Waals surface area contributed by atoms with Gasteiger partial charge in [0.05, 0.1) is 5.69 Å².